The van der Waals surface area contributed by atoms with Crippen LogP contribution in [0.4, 0.5) is 0 Å². The molecule has 0 aliphatic carbocycles. The highest BCUT2D eigenvalue weighted by atomic mass is 32.2. The van der Waals surface area contributed by atoms with E-state index in [1.807, 2.05) is 6.92 Å². The molecule has 0 N–H and O–H groups in total. The summed E-state index contributed by atoms with van der Waals surface area (Å²) in [4.78, 5) is 25.9. The Morgan fingerprint density at radius 1 is 0.838 bits per heavy atom. The van der Waals surface area contributed by atoms with Crippen LogP contribution in [-0.4, -0.2) is 102 Å². The number of ether oxygens (including phenoxy) is 2. The van der Waals surface area contributed by atoms with Crippen molar-refractivity contribution in [1.29, 1.82) is 0 Å². The molecule has 0 atom stereocenters. The Balaban J connectivity index is 0. The summed E-state index contributed by atoms with van der Waals surface area (Å²) in [5, 5.41) is 0. The minimum atomic E-state index is -2.57. The third kappa shape index (κ3) is 15.0. The van der Waals surface area contributed by atoms with E-state index in [1.54, 1.807) is 68.3 Å². The van der Waals surface area contributed by atoms with E-state index in [0.717, 1.165) is 23.4 Å². The topological polar surface area (TPSA) is 120 Å². The van der Waals surface area contributed by atoms with E-state index >= 15 is 0 Å². The molecule has 0 bridgehead atoms. The summed E-state index contributed by atoms with van der Waals surface area (Å²) in [7, 11) is 4.36. The van der Waals surface area contributed by atoms with Gasteiger partial charge in [0.25, 0.3) is 0 Å². The van der Waals surface area contributed by atoms with Crippen LogP contribution in [0.5, 0.6) is 0 Å². The van der Waals surface area contributed by atoms with Crippen LogP contribution in [0.2, 0.25) is 6.04 Å². The molecular formula is C23H45NO10SSi2. The Kier molecular flexibility index (Phi) is 22.0. The van der Waals surface area contributed by atoms with E-state index in [1.165, 1.54) is 0 Å². The molecule has 1 aliphatic rings. The van der Waals surface area contributed by atoms with Gasteiger partial charge in [-0.15, -0.1) is 11.8 Å². The first kappa shape index (κ1) is 37.8. The number of hydrogen-bond donors (Lipinski definition) is 0. The van der Waals surface area contributed by atoms with Crippen LogP contribution in [-0.2, 0) is 45.6 Å². The van der Waals surface area contributed by atoms with Gasteiger partial charge < -0.3 is 36.0 Å². The molecule has 11 nitrogen and oxygen atoms in total. The molecule has 0 aromatic rings. The fourth-order valence-electron chi connectivity index (χ4n) is 2.48. The molecule has 0 saturated heterocycles. The lowest BCUT2D eigenvalue weighted by atomic mass is 10.4. The first-order valence-electron chi connectivity index (χ1n) is 11.6. The minimum Gasteiger partial charge on any atom is -0.462 e. The molecule has 0 fully saturated rings. The van der Waals surface area contributed by atoms with Crippen molar-refractivity contribution in [2.45, 2.75) is 39.7 Å². The molecule has 37 heavy (non-hydrogen) atoms. The zero-order valence-corrected chi connectivity index (χ0v) is 26.6. The number of carbonyl (C=O) groups is 2. The van der Waals surface area contributed by atoms with E-state index in [0.29, 0.717) is 36.8 Å². The highest BCUT2D eigenvalue weighted by Gasteiger charge is 2.46. The lowest BCUT2D eigenvalue weighted by Crippen LogP contribution is -2.49. The normalized spacial score (nSPS) is 12.8. The lowest BCUT2D eigenvalue weighted by Gasteiger charge is -2.24. The van der Waals surface area contributed by atoms with E-state index < -0.39 is 17.6 Å². The SMILES string of the molecule is C=C(C)C(=O)OCCC.C=C(C)C(=O)OCCC[Si](OC)(OC)OC.CO[Si](OC)(OC)C1=NCCS1. The Bertz CT molecular complexity index is 712. The first-order valence-corrected chi connectivity index (χ1v) is 16.3. The van der Waals surface area contributed by atoms with E-state index in [2.05, 4.69) is 18.2 Å². The van der Waals surface area contributed by atoms with Crippen molar-refractivity contribution < 1.29 is 45.6 Å². The number of nitrogens with zero attached hydrogens (tertiary/aromatic N) is 1. The van der Waals surface area contributed by atoms with Gasteiger partial charge in [0.05, 0.1) is 13.2 Å². The maximum absolute atomic E-state index is 11.1. The van der Waals surface area contributed by atoms with Crippen molar-refractivity contribution >= 4 is 46.0 Å². The van der Waals surface area contributed by atoms with Crippen molar-refractivity contribution in [3.05, 3.63) is 24.3 Å². The van der Waals surface area contributed by atoms with Crippen LogP contribution in [0.3, 0.4) is 0 Å². The lowest BCUT2D eigenvalue weighted by molar-refractivity contribution is -0.139. The van der Waals surface area contributed by atoms with Gasteiger partial charge in [-0.2, -0.15) is 0 Å². The zero-order chi connectivity index (χ0) is 28.9. The molecule has 0 saturated carbocycles. The largest absolute Gasteiger partial charge is 0.562 e. The number of aliphatic imine (C=N–C) groups is 1. The smallest absolute Gasteiger partial charge is 0.462 e. The minimum absolute atomic E-state index is 0.295. The summed E-state index contributed by atoms with van der Waals surface area (Å²) in [6, 6.07) is 0.611. The van der Waals surface area contributed by atoms with Gasteiger partial charge in [0.2, 0.25) is 0 Å². The second-order valence-electron chi connectivity index (χ2n) is 7.44. The van der Waals surface area contributed by atoms with E-state index in [-0.39, 0.29) is 11.9 Å². The number of hydrogen-bond acceptors (Lipinski definition) is 12. The van der Waals surface area contributed by atoms with Crippen molar-refractivity contribution in [1.82, 2.24) is 0 Å². The first-order chi connectivity index (χ1) is 17.5. The van der Waals surface area contributed by atoms with Gasteiger partial charge in [-0.1, -0.05) is 20.1 Å². The highest BCUT2D eigenvalue weighted by molar-refractivity contribution is 8.18. The third-order valence-corrected chi connectivity index (χ3v) is 11.7. The summed E-state index contributed by atoms with van der Waals surface area (Å²) in [6.45, 7) is 13.8. The standard InChI is InChI=1S/C10H20O5Si.C7H12O2.C6H13NO3SSi/c1-9(2)10(11)15-7-6-8-16(12-3,13-4)14-5;1-4-5-9-7(8)6(2)3;1-8-12(9-2,10-3)6-7-4-5-11-6/h1,6-8H2,2-5H3;2,4-5H2,1,3H3;4-5H2,1-3H3. The Labute approximate surface area is 228 Å². The molecule has 1 aliphatic heterocycles. The second-order valence-corrected chi connectivity index (χ2v) is 14.8. The summed E-state index contributed by atoms with van der Waals surface area (Å²) in [5.41, 5.74) is 0.859. The summed E-state index contributed by atoms with van der Waals surface area (Å²) in [5.74, 6) is 0.330. The maximum atomic E-state index is 11.1. The van der Waals surface area contributed by atoms with Gasteiger partial charge in [-0.3, -0.25) is 4.99 Å². The highest BCUT2D eigenvalue weighted by Crippen LogP contribution is 2.22. The van der Waals surface area contributed by atoms with Gasteiger partial charge in [-0.05, 0) is 26.7 Å². The Hall–Kier alpha value is -1.37. The van der Waals surface area contributed by atoms with Crippen LogP contribution < -0.4 is 0 Å². The van der Waals surface area contributed by atoms with Crippen LogP contribution in [0, 0.1) is 0 Å². The van der Waals surface area contributed by atoms with Gasteiger partial charge >= 0.3 is 29.5 Å². The van der Waals surface area contributed by atoms with Crippen LogP contribution in [0.25, 0.3) is 0 Å². The van der Waals surface area contributed by atoms with Crippen molar-refractivity contribution in [3.8, 4) is 0 Å². The maximum Gasteiger partial charge on any atom is 0.562 e. The molecule has 1 rings (SSSR count). The molecule has 0 amide bonds. The number of esters is 2. The van der Waals surface area contributed by atoms with Gasteiger partial charge in [0, 0.05) is 72.1 Å². The van der Waals surface area contributed by atoms with Gasteiger partial charge in [0.1, 0.15) is 4.67 Å². The van der Waals surface area contributed by atoms with Crippen LogP contribution >= 0.6 is 11.8 Å². The fraction of sp³-hybridized carbons (Fsp3) is 0.696. The Morgan fingerprint density at radius 2 is 1.30 bits per heavy atom. The van der Waals surface area contributed by atoms with Crippen molar-refractivity contribution in [2.24, 2.45) is 4.99 Å². The average molecular weight is 584 g/mol. The predicted molar refractivity (Wildman–Crippen MR) is 150 cm³/mol. The molecule has 0 unspecified atom stereocenters. The number of thioether (sulfide) groups is 1. The number of carbonyl (C=O) groups excluding carboxylic acids is 2. The molecule has 0 radical (unpaired) electrons. The molecule has 0 spiro atoms. The fourth-order valence-corrected chi connectivity index (χ4v) is 7.82. The monoisotopic (exact) mass is 583 g/mol. The predicted octanol–water partition coefficient (Wildman–Crippen LogP) is 3.44. The second kappa shape index (κ2) is 21.6. The van der Waals surface area contributed by atoms with Crippen LogP contribution in [0.1, 0.15) is 33.6 Å². The molecular weight excluding hydrogens is 538 g/mol. The average Bonchev–Trinajstić information content (AvgIpc) is 3.45. The van der Waals surface area contributed by atoms with Gasteiger partial charge in [0.15, 0.2) is 0 Å². The quantitative estimate of drug-likeness (QED) is 0.122. The summed E-state index contributed by atoms with van der Waals surface area (Å²) in [6.07, 6.45) is 1.50. The molecule has 1 heterocycles. The summed E-state index contributed by atoms with van der Waals surface area (Å²) < 4.78 is 42.0. The number of rotatable bonds is 15. The molecule has 0 aromatic carbocycles. The Morgan fingerprint density at radius 3 is 1.62 bits per heavy atom. The summed E-state index contributed by atoms with van der Waals surface area (Å²) >= 11 is 1.66. The molecule has 0 aromatic heterocycles. The zero-order valence-electron chi connectivity index (χ0n) is 23.8. The van der Waals surface area contributed by atoms with Gasteiger partial charge in [-0.25, -0.2) is 9.59 Å². The molecule has 216 valence electrons. The van der Waals surface area contributed by atoms with E-state index in [4.69, 9.17) is 36.0 Å². The van der Waals surface area contributed by atoms with E-state index in [9.17, 15) is 9.59 Å². The third-order valence-electron chi connectivity index (χ3n) is 4.58. The van der Waals surface area contributed by atoms with Crippen molar-refractivity contribution in [2.75, 3.05) is 68.2 Å². The van der Waals surface area contributed by atoms with Crippen LogP contribution in [0.15, 0.2) is 29.3 Å². The molecule has 14 heteroatoms. The van der Waals surface area contributed by atoms with Crippen molar-refractivity contribution in [3.63, 3.8) is 0 Å².